The predicted octanol–water partition coefficient (Wildman–Crippen LogP) is 4.63. The highest BCUT2D eigenvalue weighted by Gasteiger charge is 2.67. The number of ketones is 2. The lowest BCUT2D eigenvalue weighted by molar-refractivity contribution is -0.208. The smallest absolute Gasteiger partial charge is 0.190 e. The number of allylic oxidation sites excluding steroid dienone is 1. The van der Waals surface area contributed by atoms with Gasteiger partial charge in [-0.25, -0.2) is 0 Å². The van der Waals surface area contributed by atoms with Gasteiger partial charge in [0.25, 0.3) is 0 Å². The van der Waals surface area contributed by atoms with Crippen molar-refractivity contribution in [2.24, 2.45) is 28.6 Å². The number of aliphatic hydroxyl groups excluding tert-OH is 1. The summed E-state index contributed by atoms with van der Waals surface area (Å²) in [6.45, 7) is 10.2. The molecular formula is C25H38O4. The van der Waals surface area contributed by atoms with E-state index in [2.05, 4.69) is 13.8 Å². The van der Waals surface area contributed by atoms with Gasteiger partial charge in [0.1, 0.15) is 12.2 Å². The summed E-state index contributed by atoms with van der Waals surface area (Å²) in [5.74, 6) is 1.75. The second-order valence-electron chi connectivity index (χ2n) is 11.6. The van der Waals surface area contributed by atoms with Crippen LogP contribution in [0.3, 0.4) is 0 Å². The van der Waals surface area contributed by atoms with Crippen molar-refractivity contribution in [3.63, 3.8) is 0 Å². The van der Waals surface area contributed by atoms with Crippen LogP contribution in [-0.4, -0.2) is 34.5 Å². The van der Waals surface area contributed by atoms with Gasteiger partial charge < -0.3 is 9.84 Å². The summed E-state index contributed by atoms with van der Waals surface area (Å²) in [7, 11) is 0. The Morgan fingerprint density at radius 2 is 1.79 bits per heavy atom. The monoisotopic (exact) mass is 402 g/mol. The maximum Gasteiger partial charge on any atom is 0.190 e. The highest BCUT2D eigenvalue weighted by Crippen LogP contribution is 2.68. The zero-order valence-electron chi connectivity index (χ0n) is 18.8. The lowest BCUT2D eigenvalue weighted by atomic mass is 9.46. The molecular weight excluding hydrogens is 364 g/mol. The molecule has 0 aromatic carbocycles. The minimum Gasteiger partial charge on any atom is -0.388 e. The SMILES string of the molecule is CC(C)(C)OC1(C(=O)CO)CCC2C3CCC4=CC(=O)CCC4(C)C3CCC21C. The number of carbonyl (C=O) groups excluding carboxylic acids is 2. The van der Waals surface area contributed by atoms with Crippen molar-refractivity contribution in [3.05, 3.63) is 11.6 Å². The second-order valence-corrected chi connectivity index (χ2v) is 11.6. The summed E-state index contributed by atoms with van der Waals surface area (Å²) < 4.78 is 6.57. The zero-order chi connectivity index (χ0) is 21.2. The van der Waals surface area contributed by atoms with Crippen molar-refractivity contribution in [3.8, 4) is 0 Å². The van der Waals surface area contributed by atoms with Crippen molar-refractivity contribution in [2.75, 3.05) is 6.61 Å². The Hall–Kier alpha value is -1.00. The maximum atomic E-state index is 13.1. The molecule has 3 saturated carbocycles. The van der Waals surface area contributed by atoms with Crippen LogP contribution in [0, 0.1) is 28.6 Å². The topological polar surface area (TPSA) is 63.6 Å². The van der Waals surface area contributed by atoms with Crippen molar-refractivity contribution in [1.82, 2.24) is 0 Å². The second kappa shape index (κ2) is 6.75. The molecule has 0 spiro atoms. The van der Waals surface area contributed by atoms with Crippen LogP contribution in [-0.2, 0) is 14.3 Å². The van der Waals surface area contributed by atoms with Crippen LogP contribution in [0.15, 0.2) is 11.6 Å². The van der Waals surface area contributed by atoms with Crippen molar-refractivity contribution in [2.45, 2.75) is 97.2 Å². The number of hydrogen-bond acceptors (Lipinski definition) is 4. The molecule has 6 unspecified atom stereocenters. The van der Waals surface area contributed by atoms with Gasteiger partial charge in [-0.15, -0.1) is 0 Å². The highest BCUT2D eigenvalue weighted by molar-refractivity contribution is 5.92. The minimum absolute atomic E-state index is 0.134. The molecule has 0 saturated heterocycles. The molecule has 29 heavy (non-hydrogen) atoms. The van der Waals surface area contributed by atoms with Gasteiger partial charge in [0, 0.05) is 11.8 Å². The Kier molecular flexibility index (Phi) is 4.94. The number of Topliss-reactive ketones (excluding diaryl/α,β-unsaturated/α-hetero) is 1. The van der Waals surface area contributed by atoms with E-state index in [4.69, 9.17) is 4.74 Å². The van der Waals surface area contributed by atoms with Gasteiger partial charge in [0.15, 0.2) is 11.6 Å². The molecule has 0 amide bonds. The summed E-state index contributed by atoms with van der Waals surface area (Å²) in [5, 5.41) is 9.85. The summed E-state index contributed by atoms with van der Waals surface area (Å²) in [4.78, 5) is 25.2. The number of aliphatic hydroxyl groups is 1. The molecule has 4 aliphatic carbocycles. The molecule has 0 radical (unpaired) electrons. The first kappa shape index (κ1) is 21.2. The normalized spacial score (nSPS) is 44.6. The number of ether oxygens (including phenoxy) is 1. The van der Waals surface area contributed by atoms with Crippen molar-refractivity contribution in [1.29, 1.82) is 0 Å². The van der Waals surface area contributed by atoms with Crippen LogP contribution < -0.4 is 0 Å². The first-order valence-corrected chi connectivity index (χ1v) is 11.6. The summed E-state index contributed by atoms with van der Waals surface area (Å²) in [6.07, 6.45) is 9.46. The number of carbonyl (C=O) groups is 2. The van der Waals surface area contributed by atoms with Crippen LogP contribution in [0.2, 0.25) is 0 Å². The molecule has 4 rings (SSSR count). The molecule has 0 heterocycles. The van der Waals surface area contributed by atoms with Gasteiger partial charge in [0.05, 0.1) is 5.60 Å². The van der Waals surface area contributed by atoms with Gasteiger partial charge in [-0.2, -0.15) is 0 Å². The molecule has 1 N–H and O–H groups in total. The Morgan fingerprint density at radius 3 is 2.45 bits per heavy atom. The van der Waals surface area contributed by atoms with Gasteiger partial charge in [-0.3, -0.25) is 9.59 Å². The van der Waals surface area contributed by atoms with Crippen LogP contribution in [0.4, 0.5) is 0 Å². The molecule has 0 bridgehead atoms. The third-order valence-corrected chi connectivity index (χ3v) is 9.16. The molecule has 0 aliphatic heterocycles. The third kappa shape index (κ3) is 3.00. The largest absolute Gasteiger partial charge is 0.388 e. The van der Waals surface area contributed by atoms with E-state index in [9.17, 15) is 14.7 Å². The molecule has 6 atom stereocenters. The van der Waals surface area contributed by atoms with Gasteiger partial charge in [-0.1, -0.05) is 19.4 Å². The first-order valence-electron chi connectivity index (χ1n) is 11.6. The van der Waals surface area contributed by atoms with E-state index in [1.54, 1.807) is 0 Å². The Labute approximate surface area is 175 Å². The maximum absolute atomic E-state index is 13.1. The van der Waals surface area contributed by atoms with Gasteiger partial charge in [0.2, 0.25) is 0 Å². The molecule has 0 aromatic rings. The number of hydrogen-bond donors (Lipinski definition) is 1. The van der Waals surface area contributed by atoms with E-state index in [1.807, 2.05) is 26.8 Å². The average Bonchev–Trinajstić information content (AvgIpc) is 2.93. The predicted molar refractivity (Wildman–Crippen MR) is 112 cm³/mol. The molecule has 3 fully saturated rings. The van der Waals surface area contributed by atoms with Crippen molar-refractivity contribution >= 4 is 11.6 Å². The van der Waals surface area contributed by atoms with Gasteiger partial charge >= 0.3 is 0 Å². The molecule has 4 aliphatic rings. The lowest BCUT2D eigenvalue weighted by Gasteiger charge is -2.59. The first-order chi connectivity index (χ1) is 13.5. The van der Waals surface area contributed by atoms with E-state index in [0.717, 1.165) is 38.5 Å². The van der Waals surface area contributed by atoms with Crippen LogP contribution in [0.1, 0.15) is 86.0 Å². The standard InChI is InChI=1S/C25H38O4/c1-22(2,3)29-25(21(28)15-26)13-10-20-18-7-6-16-14-17(27)8-11-23(16,4)19(18)9-12-24(20,25)5/h14,18-20,26H,6-13,15H2,1-5H3. The Bertz CT molecular complexity index is 746. The summed E-state index contributed by atoms with van der Waals surface area (Å²) in [6, 6.07) is 0. The summed E-state index contributed by atoms with van der Waals surface area (Å²) >= 11 is 0. The Morgan fingerprint density at radius 1 is 1.10 bits per heavy atom. The number of fused-ring (bicyclic) bond motifs is 5. The van der Waals surface area contributed by atoms with Crippen LogP contribution in [0.5, 0.6) is 0 Å². The van der Waals surface area contributed by atoms with Gasteiger partial charge in [-0.05, 0) is 95.0 Å². The quantitative estimate of drug-likeness (QED) is 0.747. The highest BCUT2D eigenvalue weighted by atomic mass is 16.5. The average molecular weight is 403 g/mol. The molecule has 4 nitrogen and oxygen atoms in total. The molecule has 0 aromatic heterocycles. The molecule has 162 valence electrons. The lowest BCUT2D eigenvalue weighted by Crippen LogP contribution is -2.61. The van der Waals surface area contributed by atoms with E-state index in [-0.39, 0.29) is 16.6 Å². The fourth-order valence-electron chi connectivity index (χ4n) is 7.89. The number of rotatable bonds is 3. The van der Waals surface area contributed by atoms with E-state index in [0.29, 0.717) is 36.4 Å². The van der Waals surface area contributed by atoms with Crippen LogP contribution >= 0.6 is 0 Å². The fourth-order valence-corrected chi connectivity index (χ4v) is 7.89. The Balaban J connectivity index is 1.71. The van der Waals surface area contributed by atoms with Crippen molar-refractivity contribution < 1.29 is 19.4 Å². The van der Waals surface area contributed by atoms with Crippen LogP contribution in [0.25, 0.3) is 0 Å². The van der Waals surface area contributed by atoms with E-state index < -0.39 is 17.8 Å². The molecule has 4 heteroatoms. The van der Waals surface area contributed by atoms with E-state index >= 15 is 0 Å². The minimum atomic E-state index is -0.880. The van der Waals surface area contributed by atoms with E-state index in [1.165, 1.54) is 5.57 Å². The fraction of sp³-hybridized carbons (Fsp3) is 0.840. The third-order valence-electron chi connectivity index (χ3n) is 9.16. The summed E-state index contributed by atoms with van der Waals surface area (Å²) in [5.41, 5.74) is -0.0359. The zero-order valence-corrected chi connectivity index (χ0v) is 18.8.